The number of nitro benzene ring substituents is 1. The summed E-state index contributed by atoms with van der Waals surface area (Å²) in [4.78, 5) is 10.1. The van der Waals surface area contributed by atoms with Crippen LogP contribution in [0.4, 0.5) is 10.1 Å². The average molecular weight is 356 g/mol. The SMILES string of the molecule is O=[N+]([O-])c1cc(F)ccc1OCC(O)c1cccc(Br)c1. The van der Waals surface area contributed by atoms with Crippen molar-refractivity contribution in [3.63, 3.8) is 0 Å². The van der Waals surface area contributed by atoms with Crippen LogP contribution in [0.3, 0.4) is 0 Å². The molecule has 0 saturated heterocycles. The van der Waals surface area contributed by atoms with Crippen molar-refractivity contribution in [2.75, 3.05) is 6.61 Å². The topological polar surface area (TPSA) is 72.6 Å². The number of halogens is 2. The van der Waals surface area contributed by atoms with E-state index < -0.39 is 22.5 Å². The second kappa shape index (κ2) is 6.64. The second-order valence-corrected chi connectivity index (χ2v) is 5.17. The van der Waals surface area contributed by atoms with Crippen LogP contribution in [-0.4, -0.2) is 16.6 Å². The molecular formula is C14H11BrFNO4. The van der Waals surface area contributed by atoms with Crippen molar-refractivity contribution in [1.29, 1.82) is 0 Å². The van der Waals surface area contributed by atoms with Gasteiger partial charge in [0.2, 0.25) is 0 Å². The summed E-state index contributed by atoms with van der Waals surface area (Å²) >= 11 is 3.28. The lowest BCUT2D eigenvalue weighted by atomic mass is 10.1. The van der Waals surface area contributed by atoms with Crippen molar-refractivity contribution < 1.29 is 19.2 Å². The molecule has 1 unspecified atom stereocenters. The summed E-state index contributed by atoms with van der Waals surface area (Å²) in [6.07, 6.45) is -0.952. The van der Waals surface area contributed by atoms with Crippen molar-refractivity contribution in [2.45, 2.75) is 6.10 Å². The number of hydrogen-bond acceptors (Lipinski definition) is 4. The average Bonchev–Trinajstić information content (AvgIpc) is 2.45. The maximum absolute atomic E-state index is 13.0. The lowest BCUT2D eigenvalue weighted by Crippen LogP contribution is -2.10. The lowest BCUT2D eigenvalue weighted by Gasteiger charge is -2.13. The van der Waals surface area contributed by atoms with E-state index in [4.69, 9.17) is 4.74 Å². The summed E-state index contributed by atoms with van der Waals surface area (Å²) in [5.41, 5.74) is 0.130. The molecule has 2 rings (SSSR count). The third kappa shape index (κ3) is 3.99. The van der Waals surface area contributed by atoms with Gasteiger partial charge in [-0.1, -0.05) is 28.1 Å². The third-order valence-electron chi connectivity index (χ3n) is 2.75. The summed E-state index contributed by atoms with van der Waals surface area (Å²) in [5.74, 6) is -0.808. The van der Waals surface area contributed by atoms with Gasteiger partial charge < -0.3 is 9.84 Å². The summed E-state index contributed by atoms with van der Waals surface area (Å²) in [6.45, 7) is -0.178. The summed E-state index contributed by atoms with van der Waals surface area (Å²) in [5, 5.41) is 20.8. The summed E-state index contributed by atoms with van der Waals surface area (Å²) in [7, 11) is 0. The van der Waals surface area contributed by atoms with E-state index in [0.717, 1.165) is 16.6 Å². The number of rotatable bonds is 5. The van der Waals surface area contributed by atoms with Gasteiger partial charge in [0.25, 0.3) is 0 Å². The van der Waals surface area contributed by atoms with Gasteiger partial charge in [0.1, 0.15) is 18.5 Å². The van der Waals surface area contributed by atoms with Crippen molar-refractivity contribution >= 4 is 21.6 Å². The summed E-state index contributed by atoms with van der Waals surface area (Å²) in [6, 6.07) is 9.99. The first-order valence-electron chi connectivity index (χ1n) is 5.97. The van der Waals surface area contributed by atoms with Gasteiger partial charge in [-0.25, -0.2) is 4.39 Å². The molecule has 0 aliphatic carbocycles. The molecule has 21 heavy (non-hydrogen) atoms. The molecule has 0 bridgehead atoms. The van der Waals surface area contributed by atoms with Gasteiger partial charge in [0, 0.05) is 4.47 Å². The Balaban J connectivity index is 2.11. The van der Waals surface area contributed by atoms with E-state index >= 15 is 0 Å². The monoisotopic (exact) mass is 355 g/mol. The van der Waals surface area contributed by atoms with E-state index in [2.05, 4.69) is 15.9 Å². The van der Waals surface area contributed by atoms with Gasteiger partial charge in [-0.05, 0) is 29.8 Å². The molecule has 1 N–H and O–H groups in total. The number of benzene rings is 2. The molecule has 2 aromatic rings. The molecule has 0 spiro atoms. The first-order valence-corrected chi connectivity index (χ1v) is 6.77. The largest absolute Gasteiger partial charge is 0.484 e. The van der Waals surface area contributed by atoms with Gasteiger partial charge >= 0.3 is 5.69 Å². The highest BCUT2D eigenvalue weighted by Crippen LogP contribution is 2.28. The first-order chi connectivity index (χ1) is 9.97. The second-order valence-electron chi connectivity index (χ2n) is 4.25. The lowest BCUT2D eigenvalue weighted by molar-refractivity contribution is -0.386. The molecule has 0 aliphatic heterocycles. The fourth-order valence-corrected chi connectivity index (χ4v) is 2.15. The fraction of sp³-hybridized carbons (Fsp3) is 0.143. The van der Waals surface area contributed by atoms with E-state index in [1.807, 2.05) is 6.07 Å². The predicted molar refractivity (Wildman–Crippen MR) is 77.7 cm³/mol. The normalized spacial score (nSPS) is 12.0. The van der Waals surface area contributed by atoms with E-state index in [0.29, 0.717) is 5.56 Å². The summed E-state index contributed by atoms with van der Waals surface area (Å²) < 4.78 is 19.0. The minimum Gasteiger partial charge on any atom is -0.484 e. The zero-order valence-corrected chi connectivity index (χ0v) is 12.3. The van der Waals surface area contributed by atoms with E-state index in [9.17, 15) is 19.6 Å². The number of nitrogens with zero attached hydrogens (tertiary/aromatic N) is 1. The number of nitro groups is 1. The van der Waals surface area contributed by atoms with Gasteiger partial charge in [0.15, 0.2) is 5.75 Å². The van der Waals surface area contributed by atoms with Crippen molar-refractivity contribution in [1.82, 2.24) is 0 Å². The molecule has 7 heteroatoms. The Bertz CT molecular complexity index is 665. The molecule has 0 aliphatic rings. The zero-order valence-electron chi connectivity index (χ0n) is 10.7. The molecule has 0 radical (unpaired) electrons. The van der Waals surface area contributed by atoms with Crippen LogP contribution in [0.2, 0.25) is 0 Å². The smallest absolute Gasteiger partial charge is 0.313 e. The van der Waals surface area contributed by atoms with Crippen LogP contribution in [0.15, 0.2) is 46.9 Å². The number of aliphatic hydroxyl groups is 1. The minimum atomic E-state index is -0.952. The maximum atomic E-state index is 13.0. The van der Waals surface area contributed by atoms with Crippen LogP contribution in [-0.2, 0) is 0 Å². The van der Waals surface area contributed by atoms with Crippen LogP contribution < -0.4 is 4.74 Å². The minimum absolute atomic E-state index is 0.0875. The molecule has 110 valence electrons. The molecule has 0 saturated carbocycles. The predicted octanol–water partition coefficient (Wildman–Crippen LogP) is 3.61. The maximum Gasteiger partial charge on any atom is 0.313 e. The molecule has 0 amide bonds. The first kappa shape index (κ1) is 15.4. The zero-order chi connectivity index (χ0) is 15.4. The number of ether oxygens (including phenoxy) is 1. The Morgan fingerprint density at radius 3 is 2.76 bits per heavy atom. The van der Waals surface area contributed by atoms with Crippen LogP contribution in [0.25, 0.3) is 0 Å². The van der Waals surface area contributed by atoms with Crippen molar-refractivity contribution in [2.24, 2.45) is 0 Å². The molecule has 2 aromatic carbocycles. The van der Waals surface area contributed by atoms with Crippen molar-refractivity contribution in [3.05, 3.63) is 68.4 Å². The molecule has 5 nitrogen and oxygen atoms in total. The van der Waals surface area contributed by atoms with Crippen molar-refractivity contribution in [3.8, 4) is 5.75 Å². The molecule has 0 aromatic heterocycles. The number of hydrogen-bond donors (Lipinski definition) is 1. The van der Waals surface area contributed by atoms with Gasteiger partial charge in [-0.15, -0.1) is 0 Å². The Kier molecular flexibility index (Phi) is 4.87. The van der Waals surface area contributed by atoms with Crippen LogP contribution in [0.1, 0.15) is 11.7 Å². The highest BCUT2D eigenvalue weighted by atomic mass is 79.9. The molecule has 0 fully saturated rings. The highest BCUT2D eigenvalue weighted by molar-refractivity contribution is 9.10. The molecular weight excluding hydrogens is 345 g/mol. The Morgan fingerprint density at radius 1 is 1.33 bits per heavy atom. The molecule has 1 atom stereocenters. The Labute approximate surface area is 128 Å². The molecule has 0 heterocycles. The van der Waals surface area contributed by atoms with Crippen LogP contribution in [0, 0.1) is 15.9 Å². The fourth-order valence-electron chi connectivity index (χ4n) is 1.73. The van der Waals surface area contributed by atoms with Gasteiger partial charge in [-0.2, -0.15) is 0 Å². The Hall–Kier alpha value is -1.99. The standard InChI is InChI=1S/C14H11BrFNO4/c15-10-3-1-2-9(6-10)13(18)8-21-14-5-4-11(16)7-12(14)17(19)20/h1-7,13,18H,8H2. The van der Waals surface area contributed by atoms with E-state index in [1.165, 1.54) is 6.07 Å². The van der Waals surface area contributed by atoms with E-state index in [1.54, 1.807) is 18.2 Å². The van der Waals surface area contributed by atoms with Gasteiger partial charge in [-0.3, -0.25) is 10.1 Å². The highest BCUT2D eigenvalue weighted by Gasteiger charge is 2.18. The Morgan fingerprint density at radius 2 is 2.10 bits per heavy atom. The van der Waals surface area contributed by atoms with Crippen LogP contribution >= 0.6 is 15.9 Å². The quantitative estimate of drug-likeness (QED) is 0.656. The van der Waals surface area contributed by atoms with Crippen LogP contribution in [0.5, 0.6) is 5.75 Å². The number of aliphatic hydroxyl groups excluding tert-OH is 1. The van der Waals surface area contributed by atoms with E-state index in [-0.39, 0.29) is 12.4 Å². The third-order valence-corrected chi connectivity index (χ3v) is 3.24. The van der Waals surface area contributed by atoms with Gasteiger partial charge in [0.05, 0.1) is 11.0 Å².